The molecule has 21 heavy (non-hydrogen) atoms. The molecule has 0 aliphatic rings. The quantitative estimate of drug-likeness (QED) is 0.665. The van der Waals surface area contributed by atoms with Crippen LogP contribution in [-0.2, 0) is 9.59 Å². The molecule has 4 heteroatoms. The molecule has 0 atom stereocenters. The van der Waals surface area contributed by atoms with E-state index in [2.05, 4.69) is 13.8 Å². The van der Waals surface area contributed by atoms with Crippen LogP contribution < -0.4 is 4.74 Å². The minimum Gasteiger partial charge on any atom is -0.484 e. The predicted octanol–water partition coefficient (Wildman–Crippen LogP) is 2.95. The minimum absolute atomic E-state index is 0.0166. The zero-order valence-corrected chi connectivity index (χ0v) is 12.9. The molecule has 1 rings (SSSR count). The molecule has 1 aromatic carbocycles. The van der Waals surface area contributed by atoms with Crippen LogP contribution in [0.4, 0.5) is 0 Å². The van der Waals surface area contributed by atoms with Crippen LogP contribution in [0.5, 0.6) is 5.75 Å². The number of hydrogen-bond acceptors (Lipinski definition) is 3. The van der Waals surface area contributed by atoms with Gasteiger partial charge in [-0.25, -0.2) is 0 Å². The van der Waals surface area contributed by atoms with Crippen LogP contribution in [0.25, 0.3) is 0 Å². The molecule has 0 aliphatic carbocycles. The van der Waals surface area contributed by atoms with Crippen molar-refractivity contribution < 1.29 is 14.3 Å². The first-order chi connectivity index (χ1) is 10.2. The van der Waals surface area contributed by atoms with E-state index in [1.807, 2.05) is 4.90 Å². The number of benzene rings is 1. The van der Waals surface area contributed by atoms with Crippen molar-refractivity contribution in [2.24, 2.45) is 0 Å². The second-order valence-corrected chi connectivity index (χ2v) is 5.00. The highest BCUT2D eigenvalue weighted by molar-refractivity contribution is 5.78. The summed E-state index contributed by atoms with van der Waals surface area (Å²) in [4.78, 5) is 24.5. The molecule has 1 radical (unpaired) electrons. The lowest BCUT2D eigenvalue weighted by Crippen LogP contribution is -2.36. The molecule has 0 saturated carbocycles. The number of rotatable bonds is 10. The summed E-state index contributed by atoms with van der Waals surface area (Å²) in [5.41, 5.74) is 0.473. The summed E-state index contributed by atoms with van der Waals surface area (Å²) in [6.45, 7) is 5.85. The largest absolute Gasteiger partial charge is 0.484 e. The van der Waals surface area contributed by atoms with Gasteiger partial charge in [0.15, 0.2) is 6.61 Å². The summed E-state index contributed by atoms with van der Waals surface area (Å²) in [6, 6.07) is 6.60. The van der Waals surface area contributed by atoms with Gasteiger partial charge in [-0.1, -0.05) is 26.7 Å². The first kappa shape index (κ1) is 17.2. The number of unbranched alkanes of at least 4 members (excludes halogenated alkanes) is 2. The van der Waals surface area contributed by atoms with Gasteiger partial charge in [0, 0.05) is 18.7 Å². The van der Waals surface area contributed by atoms with Gasteiger partial charge in [-0.2, -0.15) is 0 Å². The van der Waals surface area contributed by atoms with Crippen LogP contribution >= 0.6 is 0 Å². The van der Waals surface area contributed by atoms with Gasteiger partial charge in [0.2, 0.25) is 6.29 Å². The summed E-state index contributed by atoms with van der Waals surface area (Å²) in [5.74, 6) is 0.608. The van der Waals surface area contributed by atoms with Crippen molar-refractivity contribution >= 4 is 12.2 Å². The Hall–Kier alpha value is -1.84. The Bertz CT molecular complexity index is 420. The van der Waals surface area contributed by atoms with E-state index in [9.17, 15) is 9.59 Å². The van der Waals surface area contributed by atoms with E-state index in [1.54, 1.807) is 30.6 Å². The summed E-state index contributed by atoms with van der Waals surface area (Å²) in [5, 5.41) is 0. The number of nitrogens with zero attached hydrogens (tertiary/aromatic N) is 1. The van der Waals surface area contributed by atoms with Crippen LogP contribution in [0.2, 0.25) is 0 Å². The minimum atomic E-state index is 0.0166. The predicted molar refractivity (Wildman–Crippen MR) is 83.1 cm³/mol. The highest BCUT2D eigenvalue weighted by Gasteiger charge is 2.13. The molecule has 115 valence electrons. The van der Waals surface area contributed by atoms with Gasteiger partial charge in [-0.3, -0.25) is 9.59 Å². The third kappa shape index (κ3) is 6.43. The van der Waals surface area contributed by atoms with Crippen LogP contribution in [-0.4, -0.2) is 36.8 Å². The molecule has 0 spiro atoms. The highest BCUT2D eigenvalue weighted by Crippen LogP contribution is 2.11. The average molecular weight is 290 g/mol. The molecule has 0 fully saturated rings. The second kappa shape index (κ2) is 9.97. The molecular weight excluding hydrogens is 266 g/mol. The number of carbonyl (C=O) groups is 1. The van der Waals surface area contributed by atoms with E-state index < -0.39 is 0 Å². The molecule has 1 amide bonds. The van der Waals surface area contributed by atoms with Gasteiger partial charge < -0.3 is 9.64 Å². The van der Waals surface area contributed by atoms with Crippen LogP contribution in [0.3, 0.4) is 0 Å². The van der Waals surface area contributed by atoms with Gasteiger partial charge in [0.05, 0.1) is 0 Å². The van der Waals surface area contributed by atoms with E-state index in [4.69, 9.17) is 4.74 Å². The molecule has 0 saturated heterocycles. The normalized spacial score (nSPS) is 10.2. The van der Waals surface area contributed by atoms with Crippen molar-refractivity contribution in [1.29, 1.82) is 0 Å². The molecule has 0 bridgehead atoms. The smallest absolute Gasteiger partial charge is 0.260 e. The lowest BCUT2D eigenvalue weighted by Gasteiger charge is -2.22. The maximum absolute atomic E-state index is 12.2. The van der Waals surface area contributed by atoms with Crippen LogP contribution in [0.15, 0.2) is 24.3 Å². The maximum Gasteiger partial charge on any atom is 0.260 e. The Morgan fingerprint density at radius 1 is 1.10 bits per heavy atom. The van der Waals surface area contributed by atoms with Gasteiger partial charge in [-0.15, -0.1) is 0 Å². The zero-order valence-electron chi connectivity index (χ0n) is 12.9. The lowest BCUT2D eigenvalue weighted by molar-refractivity contribution is -0.133. The zero-order chi connectivity index (χ0) is 15.5. The molecule has 4 nitrogen and oxygen atoms in total. The molecule has 0 aliphatic heterocycles. The Morgan fingerprint density at radius 2 is 1.67 bits per heavy atom. The first-order valence-electron chi connectivity index (χ1n) is 7.60. The monoisotopic (exact) mass is 290 g/mol. The Balaban J connectivity index is 2.48. The number of amides is 1. The molecule has 1 aromatic rings. The molecular formula is C17H24NO3. The highest BCUT2D eigenvalue weighted by atomic mass is 16.5. The molecule has 0 unspecified atom stereocenters. The summed E-state index contributed by atoms with van der Waals surface area (Å²) in [6.07, 6.45) is 5.97. The van der Waals surface area contributed by atoms with Gasteiger partial charge in [0.25, 0.3) is 5.91 Å². The number of hydrogen-bond donors (Lipinski definition) is 0. The molecule has 0 aromatic heterocycles. The Morgan fingerprint density at radius 3 is 2.14 bits per heavy atom. The third-order valence-corrected chi connectivity index (χ3v) is 3.25. The van der Waals surface area contributed by atoms with Crippen LogP contribution in [0.1, 0.15) is 45.1 Å². The van der Waals surface area contributed by atoms with E-state index in [0.717, 1.165) is 38.8 Å². The standard InChI is InChI=1S/C17H24NO3/c1-3-5-11-18(12-6-4-2)17(20)14-21-16-9-7-15(13-19)8-10-16/h7-10H,3-6,11-12,14H2,1-2H3. The van der Waals surface area contributed by atoms with E-state index in [-0.39, 0.29) is 12.5 Å². The summed E-state index contributed by atoms with van der Waals surface area (Å²) < 4.78 is 5.49. The van der Waals surface area contributed by atoms with Crippen LogP contribution in [0, 0.1) is 0 Å². The molecule has 0 N–H and O–H groups in total. The van der Waals surface area contributed by atoms with Crippen molar-refractivity contribution in [2.45, 2.75) is 39.5 Å². The third-order valence-electron chi connectivity index (χ3n) is 3.25. The Labute approximate surface area is 127 Å². The lowest BCUT2D eigenvalue weighted by atomic mass is 10.2. The van der Waals surface area contributed by atoms with Crippen molar-refractivity contribution in [3.05, 3.63) is 29.8 Å². The van der Waals surface area contributed by atoms with Crippen molar-refractivity contribution in [2.75, 3.05) is 19.7 Å². The Kier molecular flexibility index (Phi) is 8.17. The summed E-state index contributed by atoms with van der Waals surface area (Å²) in [7, 11) is 0. The van der Waals surface area contributed by atoms with Gasteiger partial charge in [-0.05, 0) is 37.1 Å². The summed E-state index contributed by atoms with van der Waals surface area (Å²) >= 11 is 0. The van der Waals surface area contributed by atoms with Gasteiger partial charge in [0.1, 0.15) is 5.75 Å². The van der Waals surface area contributed by atoms with Gasteiger partial charge >= 0.3 is 0 Å². The topological polar surface area (TPSA) is 46.6 Å². The van der Waals surface area contributed by atoms with Crippen molar-refractivity contribution in [3.8, 4) is 5.75 Å². The van der Waals surface area contributed by atoms with E-state index in [1.165, 1.54) is 0 Å². The van der Waals surface area contributed by atoms with E-state index >= 15 is 0 Å². The fourth-order valence-electron chi connectivity index (χ4n) is 1.91. The SMILES string of the molecule is CCCCN(CCCC)C(=O)COc1ccc([C]=O)cc1. The van der Waals surface area contributed by atoms with Crippen molar-refractivity contribution in [1.82, 2.24) is 4.90 Å². The number of ether oxygens (including phenoxy) is 1. The van der Waals surface area contributed by atoms with E-state index in [0.29, 0.717) is 11.3 Å². The average Bonchev–Trinajstić information content (AvgIpc) is 2.53. The first-order valence-corrected chi connectivity index (χ1v) is 7.60. The number of carbonyl (C=O) groups excluding carboxylic acids is 2. The fraction of sp³-hybridized carbons (Fsp3) is 0.529. The maximum atomic E-state index is 12.2. The van der Waals surface area contributed by atoms with Crippen molar-refractivity contribution in [3.63, 3.8) is 0 Å². The molecule has 0 heterocycles. The fourth-order valence-corrected chi connectivity index (χ4v) is 1.91. The second-order valence-electron chi connectivity index (χ2n) is 5.00.